The van der Waals surface area contributed by atoms with Crippen LogP contribution in [0.2, 0.25) is 0 Å². The van der Waals surface area contributed by atoms with Crippen molar-refractivity contribution in [3.63, 3.8) is 0 Å². The maximum Gasteiger partial charge on any atom is 0.311 e. The number of hydrogen-bond donors (Lipinski definition) is 5. The molecular formula is C19H16N2O9. The number of carbonyl (C=O) groups excluding carboxylic acids is 3. The Labute approximate surface area is 167 Å². The summed E-state index contributed by atoms with van der Waals surface area (Å²) in [5.74, 6) is -7.76. The minimum Gasteiger partial charge on any atom is -0.508 e. The summed E-state index contributed by atoms with van der Waals surface area (Å²) in [5.41, 5.74) is 0.578. The molecule has 0 heterocycles. The highest BCUT2D eigenvalue weighted by Gasteiger charge is 2.60. The van der Waals surface area contributed by atoms with Crippen LogP contribution >= 0.6 is 0 Å². The standard InChI is InChI=1S/C19H16N2O9/c20-18(27)13-10(22)5-8-4-7-3-6-1-2-9(21(29)30)14(23)11(6)15(24)12(7)16(25)19(8,28)17(13)26/h1-2,7-8,23-24,26,28H,3-5H2,(H2,20,27)/t7?,8?,19-/m0/s1. The molecule has 0 radical (unpaired) electrons. The Balaban J connectivity index is 1.94. The second-order valence-corrected chi connectivity index (χ2v) is 7.63. The molecule has 1 saturated carbocycles. The summed E-state index contributed by atoms with van der Waals surface area (Å²) in [6.07, 6.45) is -0.311. The second kappa shape index (κ2) is 6.13. The number of nitro groups is 1. The number of fused-ring (bicyclic) bond motifs is 3. The number of nitrogens with two attached hydrogens (primary N) is 1. The maximum absolute atomic E-state index is 13.2. The number of Topliss-reactive ketones (excluding diaryl/α,β-unsaturated/α-hetero) is 2. The van der Waals surface area contributed by atoms with E-state index in [2.05, 4.69) is 0 Å². The SMILES string of the molecule is NC(=O)C1=C(O)[C@@]2(O)C(=O)C3=C(O)c4c(ccc([N+](=O)[O-])c4O)CC3CC2CC1=O. The van der Waals surface area contributed by atoms with Crippen molar-refractivity contribution in [3.05, 3.63) is 50.3 Å². The van der Waals surface area contributed by atoms with E-state index in [0.717, 1.165) is 6.07 Å². The van der Waals surface area contributed by atoms with Crippen LogP contribution in [0.15, 0.2) is 29.0 Å². The lowest BCUT2D eigenvalue weighted by molar-refractivity contribution is -0.385. The number of rotatable bonds is 2. The average molecular weight is 416 g/mol. The van der Waals surface area contributed by atoms with E-state index in [1.807, 2.05) is 0 Å². The van der Waals surface area contributed by atoms with Crippen LogP contribution in [0.4, 0.5) is 5.69 Å². The molecule has 11 heteroatoms. The van der Waals surface area contributed by atoms with Crippen LogP contribution < -0.4 is 5.73 Å². The van der Waals surface area contributed by atoms with Crippen molar-refractivity contribution >= 4 is 28.9 Å². The summed E-state index contributed by atoms with van der Waals surface area (Å²) in [4.78, 5) is 47.2. The second-order valence-electron chi connectivity index (χ2n) is 7.63. The Kier molecular flexibility index (Phi) is 4.00. The van der Waals surface area contributed by atoms with Crippen LogP contribution in [0.3, 0.4) is 0 Å². The van der Waals surface area contributed by atoms with E-state index >= 15 is 0 Å². The molecule has 156 valence electrons. The summed E-state index contributed by atoms with van der Waals surface area (Å²) >= 11 is 0. The monoisotopic (exact) mass is 416 g/mol. The molecule has 0 aliphatic heterocycles. The number of ketones is 2. The summed E-state index contributed by atoms with van der Waals surface area (Å²) in [5, 5.41) is 53.6. The van der Waals surface area contributed by atoms with E-state index in [0.29, 0.717) is 5.56 Å². The number of phenols is 1. The highest BCUT2D eigenvalue weighted by atomic mass is 16.6. The van der Waals surface area contributed by atoms with Crippen LogP contribution in [-0.4, -0.2) is 48.4 Å². The summed E-state index contributed by atoms with van der Waals surface area (Å²) in [6, 6.07) is 2.42. The first kappa shape index (κ1) is 19.6. The van der Waals surface area contributed by atoms with E-state index < -0.39 is 74.8 Å². The van der Waals surface area contributed by atoms with E-state index in [-0.39, 0.29) is 24.0 Å². The van der Waals surface area contributed by atoms with Gasteiger partial charge in [-0.3, -0.25) is 24.5 Å². The number of phenolic OH excluding ortho intramolecular Hbond substituents is 1. The lowest BCUT2D eigenvalue weighted by Crippen LogP contribution is -2.58. The molecule has 0 bridgehead atoms. The van der Waals surface area contributed by atoms with Gasteiger partial charge in [-0.05, 0) is 24.3 Å². The number of nitro benzene ring substituents is 1. The first-order chi connectivity index (χ1) is 14.0. The van der Waals surface area contributed by atoms with Crippen molar-refractivity contribution in [1.82, 2.24) is 0 Å². The molecule has 4 rings (SSSR count). The topological polar surface area (TPSA) is 201 Å². The number of benzene rings is 1. The number of primary amides is 1. The summed E-state index contributed by atoms with van der Waals surface area (Å²) < 4.78 is 0. The van der Waals surface area contributed by atoms with Gasteiger partial charge in [-0.25, -0.2) is 0 Å². The first-order valence-corrected chi connectivity index (χ1v) is 8.96. The molecular weight excluding hydrogens is 400 g/mol. The van der Waals surface area contributed by atoms with Crippen molar-refractivity contribution in [2.24, 2.45) is 17.6 Å². The molecule has 3 atom stereocenters. The zero-order chi connectivity index (χ0) is 22.1. The molecule has 0 aromatic heterocycles. The minimum atomic E-state index is -2.66. The van der Waals surface area contributed by atoms with Gasteiger partial charge < -0.3 is 26.2 Å². The van der Waals surface area contributed by atoms with Gasteiger partial charge in [0.15, 0.2) is 11.4 Å². The van der Waals surface area contributed by atoms with Crippen LogP contribution in [0.25, 0.3) is 5.76 Å². The van der Waals surface area contributed by atoms with Gasteiger partial charge in [0, 0.05) is 24.0 Å². The molecule has 1 amide bonds. The minimum absolute atomic E-state index is 0.000659. The Bertz CT molecular complexity index is 1130. The smallest absolute Gasteiger partial charge is 0.311 e. The van der Waals surface area contributed by atoms with Crippen molar-refractivity contribution in [1.29, 1.82) is 0 Å². The third-order valence-corrected chi connectivity index (χ3v) is 6.11. The zero-order valence-corrected chi connectivity index (χ0v) is 15.3. The molecule has 6 N–H and O–H groups in total. The van der Waals surface area contributed by atoms with E-state index in [4.69, 9.17) is 5.73 Å². The largest absolute Gasteiger partial charge is 0.508 e. The predicted octanol–water partition coefficient (Wildman–Crippen LogP) is 0.332. The molecule has 0 saturated heterocycles. The van der Waals surface area contributed by atoms with Gasteiger partial charge in [0.2, 0.25) is 11.5 Å². The van der Waals surface area contributed by atoms with Crippen molar-refractivity contribution in [2.75, 3.05) is 0 Å². The van der Waals surface area contributed by atoms with Gasteiger partial charge in [-0.2, -0.15) is 0 Å². The number of hydrogen-bond acceptors (Lipinski definition) is 9. The van der Waals surface area contributed by atoms with Crippen molar-refractivity contribution in [3.8, 4) is 5.75 Å². The van der Waals surface area contributed by atoms with Crippen molar-refractivity contribution < 1.29 is 39.7 Å². The third kappa shape index (κ3) is 2.32. The lowest BCUT2D eigenvalue weighted by Gasteiger charge is -2.45. The normalized spacial score (nSPS) is 28.0. The molecule has 11 nitrogen and oxygen atoms in total. The number of amides is 1. The zero-order valence-electron chi connectivity index (χ0n) is 15.3. The number of aliphatic hydroxyl groups is 3. The highest BCUT2D eigenvalue weighted by Crippen LogP contribution is 2.52. The Morgan fingerprint density at radius 2 is 1.87 bits per heavy atom. The van der Waals surface area contributed by atoms with E-state index in [1.54, 1.807) is 0 Å². The van der Waals surface area contributed by atoms with Crippen LogP contribution in [-0.2, 0) is 20.8 Å². The van der Waals surface area contributed by atoms with Crippen molar-refractivity contribution in [2.45, 2.75) is 24.9 Å². The molecule has 0 spiro atoms. The number of aromatic hydroxyl groups is 1. The molecule has 1 fully saturated rings. The Hall–Kier alpha value is -3.73. The Morgan fingerprint density at radius 1 is 1.20 bits per heavy atom. The van der Waals surface area contributed by atoms with E-state index in [1.165, 1.54) is 6.07 Å². The number of aliphatic hydroxyl groups excluding tert-OH is 2. The molecule has 30 heavy (non-hydrogen) atoms. The lowest BCUT2D eigenvalue weighted by atomic mass is 9.59. The fourth-order valence-electron chi connectivity index (χ4n) is 4.73. The number of nitrogens with zero attached hydrogens (tertiary/aromatic N) is 1. The van der Waals surface area contributed by atoms with Gasteiger partial charge in [0.1, 0.15) is 17.1 Å². The Morgan fingerprint density at radius 3 is 2.47 bits per heavy atom. The van der Waals surface area contributed by atoms with Crippen LogP contribution in [0.1, 0.15) is 24.0 Å². The molecule has 2 unspecified atom stereocenters. The fourth-order valence-corrected chi connectivity index (χ4v) is 4.73. The first-order valence-electron chi connectivity index (χ1n) is 8.96. The van der Waals surface area contributed by atoms with Gasteiger partial charge in [0.05, 0.1) is 10.5 Å². The van der Waals surface area contributed by atoms with Crippen LogP contribution in [0.5, 0.6) is 5.75 Å². The molecule has 1 aromatic rings. The predicted molar refractivity (Wildman–Crippen MR) is 98.0 cm³/mol. The summed E-state index contributed by atoms with van der Waals surface area (Å²) in [7, 11) is 0. The average Bonchev–Trinajstić information content (AvgIpc) is 2.64. The summed E-state index contributed by atoms with van der Waals surface area (Å²) in [6.45, 7) is 0. The molecule has 3 aliphatic rings. The maximum atomic E-state index is 13.2. The van der Waals surface area contributed by atoms with Crippen LogP contribution in [0, 0.1) is 22.0 Å². The third-order valence-electron chi connectivity index (χ3n) is 6.11. The van der Waals surface area contributed by atoms with E-state index in [9.17, 15) is 44.9 Å². The number of carbonyl (C=O) groups is 3. The quantitative estimate of drug-likeness (QED) is 0.256. The van der Waals surface area contributed by atoms with Gasteiger partial charge in [-0.1, -0.05) is 6.07 Å². The van der Waals surface area contributed by atoms with Gasteiger partial charge >= 0.3 is 5.69 Å². The van der Waals surface area contributed by atoms with Gasteiger partial charge in [-0.15, -0.1) is 0 Å². The highest BCUT2D eigenvalue weighted by molar-refractivity contribution is 6.22. The fraction of sp³-hybridized carbons (Fsp3) is 0.316. The van der Waals surface area contributed by atoms with Gasteiger partial charge in [0.25, 0.3) is 5.91 Å². The molecule has 3 aliphatic carbocycles. The molecule has 1 aromatic carbocycles.